The first kappa shape index (κ1) is 22.9. The molecule has 1 aliphatic carbocycles. The Morgan fingerprint density at radius 2 is 1.97 bits per heavy atom. The van der Waals surface area contributed by atoms with Gasteiger partial charge >= 0.3 is 5.97 Å². The Morgan fingerprint density at radius 3 is 2.53 bits per heavy atom. The van der Waals surface area contributed by atoms with Crippen molar-refractivity contribution in [3.63, 3.8) is 0 Å². The molecule has 1 aromatic carbocycles. The summed E-state index contributed by atoms with van der Waals surface area (Å²) in [5, 5.41) is 33.7. The first-order chi connectivity index (χ1) is 13.9. The van der Waals surface area contributed by atoms with Gasteiger partial charge in [-0.2, -0.15) is 5.10 Å². The number of hydrogen-bond donors (Lipinski definition) is 5. The van der Waals surface area contributed by atoms with Crippen LogP contribution in [0.25, 0.3) is 0 Å². The number of aliphatic hydroxyl groups is 1. The van der Waals surface area contributed by atoms with Crippen molar-refractivity contribution in [2.45, 2.75) is 39.7 Å². The molecule has 0 fully saturated rings. The molecule has 0 aliphatic heterocycles. The fourth-order valence-electron chi connectivity index (χ4n) is 3.34. The Balaban J connectivity index is 2.25. The number of allylic oxidation sites excluding steroid dienone is 3. The highest BCUT2D eigenvalue weighted by Gasteiger charge is 2.46. The van der Waals surface area contributed by atoms with Crippen LogP contribution in [-0.2, 0) is 4.79 Å². The zero-order valence-corrected chi connectivity index (χ0v) is 17.4. The summed E-state index contributed by atoms with van der Waals surface area (Å²) in [6.45, 7) is 7.12. The number of anilines is 1. The summed E-state index contributed by atoms with van der Waals surface area (Å²) >= 11 is 0. The van der Waals surface area contributed by atoms with Crippen LogP contribution < -0.4 is 11.2 Å². The quantitative estimate of drug-likeness (QED) is 0.165. The molecule has 30 heavy (non-hydrogen) atoms. The summed E-state index contributed by atoms with van der Waals surface area (Å²) in [6, 6.07) is 4.12. The SMILES string of the molecule is CC1=C/C(=N/NC(=O)c2ccc(O)c(N)c2)CC(C)(C)[C@@]1(O)/C=C/C(C)=C\C(=O)O. The summed E-state index contributed by atoms with van der Waals surface area (Å²) in [7, 11) is 0. The van der Waals surface area contributed by atoms with Crippen LogP contribution in [-0.4, -0.2) is 38.5 Å². The fraction of sp³-hybridized carbons (Fsp3) is 0.318. The number of carbonyl (C=O) groups excluding carboxylic acids is 1. The molecule has 0 radical (unpaired) electrons. The molecule has 160 valence electrons. The van der Waals surface area contributed by atoms with E-state index in [4.69, 9.17) is 10.8 Å². The highest BCUT2D eigenvalue weighted by Crippen LogP contribution is 2.44. The third-order valence-electron chi connectivity index (χ3n) is 5.17. The number of aliphatic carboxylic acids is 1. The van der Waals surface area contributed by atoms with E-state index in [1.165, 1.54) is 18.2 Å². The number of carboxylic acid groups (broad SMARTS) is 1. The molecule has 0 unspecified atom stereocenters. The standard InChI is InChI=1S/C22H27N3O5/c1-13(9-19(27)28)7-8-22(30)14(2)10-16(12-21(22,3)4)24-25-20(29)15-5-6-18(26)17(23)11-15/h5-11,26,30H,12,23H2,1-4H3,(H,25,29)(H,27,28)/b8-7+,13-9-,24-16-/t22-/m1/s1. The number of aromatic hydroxyl groups is 1. The second-order valence-electron chi connectivity index (χ2n) is 8.03. The van der Waals surface area contributed by atoms with Gasteiger partial charge in [0.05, 0.1) is 11.4 Å². The molecular formula is C22H27N3O5. The van der Waals surface area contributed by atoms with Crippen molar-refractivity contribution in [1.82, 2.24) is 5.43 Å². The minimum absolute atomic E-state index is 0.0916. The molecule has 0 bridgehead atoms. The number of carboxylic acids is 1. The number of amides is 1. The molecule has 1 aromatic rings. The predicted molar refractivity (Wildman–Crippen MR) is 115 cm³/mol. The number of nitrogens with two attached hydrogens (primary N) is 1. The summed E-state index contributed by atoms with van der Waals surface area (Å²) in [5.74, 6) is -1.64. The van der Waals surface area contributed by atoms with Crippen molar-refractivity contribution in [1.29, 1.82) is 0 Å². The van der Waals surface area contributed by atoms with E-state index in [0.717, 1.165) is 6.08 Å². The smallest absolute Gasteiger partial charge is 0.328 e. The van der Waals surface area contributed by atoms with Crippen molar-refractivity contribution in [2.75, 3.05) is 5.73 Å². The second kappa shape index (κ2) is 8.54. The lowest BCUT2D eigenvalue weighted by molar-refractivity contribution is -0.131. The summed E-state index contributed by atoms with van der Waals surface area (Å²) < 4.78 is 0. The number of nitrogens with zero attached hydrogens (tertiary/aromatic N) is 1. The van der Waals surface area contributed by atoms with E-state index >= 15 is 0 Å². The van der Waals surface area contributed by atoms with Crippen LogP contribution in [0.15, 0.2) is 58.8 Å². The largest absolute Gasteiger partial charge is 0.506 e. The first-order valence-corrected chi connectivity index (χ1v) is 9.33. The Labute approximate surface area is 175 Å². The second-order valence-corrected chi connectivity index (χ2v) is 8.03. The van der Waals surface area contributed by atoms with Crippen LogP contribution in [0.3, 0.4) is 0 Å². The molecule has 1 atom stereocenters. The van der Waals surface area contributed by atoms with Crippen molar-refractivity contribution >= 4 is 23.3 Å². The van der Waals surface area contributed by atoms with Crippen molar-refractivity contribution in [3.8, 4) is 5.75 Å². The van der Waals surface area contributed by atoms with E-state index in [0.29, 0.717) is 23.3 Å². The van der Waals surface area contributed by atoms with E-state index in [-0.39, 0.29) is 17.0 Å². The zero-order valence-electron chi connectivity index (χ0n) is 17.4. The molecule has 1 aliphatic rings. The van der Waals surface area contributed by atoms with Gasteiger partial charge in [-0.15, -0.1) is 0 Å². The van der Waals surface area contributed by atoms with Gasteiger partial charge in [-0.1, -0.05) is 19.9 Å². The topological polar surface area (TPSA) is 145 Å². The van der Waals surface area contributed by atoms with Gasteiger partial charge in [0.2, 0.25) is 0 Å². The highest BCUT2D eigenvalue weighted by atomic mass is 16.4. The van der Waals surface area contributed by atoms with E-state index in [1.54, 1.807) is 32.1 Å². The third kappa shape index (κ3) is 4.96. The number of hydrazone groups is 1. The Hall–Kier alpha value is -3.39. The van der Waals surface area contributed by atoms with Gasteiger partial charge < -0.3 is 21.1 Å². The molecule has 0 saturated heterocycles. The summed E-state index contributed by atoms with van der Waals surface area (Å²) in [5.41, 5.74) is 8.13. The number of nitrogen functional groups attached to an aromatic ring is 1. The van der Waals surface area contributed by atoms with Crippen molar-refractivity contribution in [2.24, 2.45) is 10.5 Å². The minimum Gasteiger partial charge on any atom is -0.506 e. The number of rotatable bonds is 5. The zero-order chi connectivity index (χ0) is 22.7. The summed E-state index contributed by atoms with van der Waals surface area (Å²) in [4.78, 5) is 23.1. The Morgan fingerprint density at radius 1 is 1.30 bits per heavy atom. The molecule has 0 heterocycles. The lowest BCUT2D eigenvalue weighted by Crippen LogP contribution is -2.48. The van der Waals surface area contributed by atoms with Crippen LogP contribution in [0.1, 0.15) is 44.5 Å². The van der Waals surface area contributed by atoms with Gasteiger partial charge in [-0.3, -0.25) is 4.79 Å². The molecule has 0 aromatic heterocycles. The maximum Gasteiger partial charge on any atom is 0.328 e. The maximum atomic E-state index is 12.3. The van der Waals surface area contributed by atoms with Crippen LogP contribution in [0.5, 0.6) is 5.75 Å². The molecule has 2 rings (SSSR count). The van der Waals surface area contributed by atoms with E-state index in [2.05, 4.69) is 10.5 Å². The lowest BCUT2D eigenvalue weighted by Gasteiger charge is -2.44. The maximum absolute atomic E-state index is 12.3. The van der Waals surface area contributed by atoms with Gasteiger partial charge in [0, 0.05) is 17.1 Å². The average molecular weight is 413 g/mol. The molecule has 6 N–H and O–H groups in total. The molecule has 0 saturated carbocycles. The summed E-state index contributed by atoms with van der Waals surface area (Å²) in [6.07, 6.45) is 6.28. The third-order valence-corrected chi connectivity index (χ3v) is 5.17. The molecule has 1 amide bonds. The molecule has 8 nitrogen and oxygen atoms in total. The fourth-order valence-corrected chi connectivity index (χ4v) is 3.34. The average Bonchev–Trinajstić information content (AvgIpc) is 2.64. The van der Waals surface area contributed by atoms with E-state index < -0.39 is 22.9 Å². The normalized spacial score (nSPS) is 22.8. The monoisotopic (exact) mass is 413 g/mol. The van der Waals surface area contributed by atoms with Crippen LogP contribution in [0.4, 0.5) is 5.69 Å². The lowest BCUT2D eigenvalue weighted by atomic mass is 9.64. The molecular weight excluding hydrogens is 386 g/mol. The number of hydrogen-bond acceptors (Lipinski definition) is 6. The van der Waals surface area contributed by atoms with Crippen molar-refractivity contribution in [3.05, 3.63) is 59.2 Å². The van der Waals surface area contributed by atoms with Gasteiger partial charge in [-0.25, -0.2) is 10.2 Å². The highest BCUT2D eigenvalue weighted by molar-refractivity contribution is 6.00. The van der Waals surface area contributed by atoms with Gasteiger partial charge in [0.15, 0.2) is 0 Å². The predicted octanol–water partition coefficient (Wildman–Crippen LogP) is 2.75. The van der Waals surface area contributed by atoms with Gasteiger partial charge in [0.1, 0.15) is 11.4 Å². The number of benzene rings is 1. The minimum atomic E-state index is -1.31. The van der Waals surface area contributed by atoms with Crippen LogP contribution in [0.2, 0.25) is 0 Å². The molecule has 8 heteroatoms. The van der Waals surface area contributed by atoms with E-state index in [1.807, 2.05) is 13.8 Å². The van der Waals surface area contributed by atoms with E-state index in [9.17, 15) is 19.8 Å². The molecule has 0 spiro atoms. The number of phenolic OH excluding ortho intramolecular Hbond substituents is 1. The number of nitrogens with one attached hydrogen (secondary N) is 1. The van der Waals surface area contributed by atoms with Crippen molar-refractivity contribution < 1.29 is 24.9 Å². The Kier molecular flexibility index (Phi) is 6.52. The van der Waals surface area contributed by atoms with Gasteiger partial charge in [-0.05, 0) is 61.8 Å². The Bertz CT molecular complexity index is 988. The first-order valence-electron chi connectivity index (χ1n) is 9.33. The van der Waals surface area contributed by atoms with Crippen LogP contribution >= 0.6 is 0 Å². The van der Waals surface area contributed by atoms with Crippen LogP contribution in [0, 0.1) is 5.41 Å². The number of phenols is 1. The van der Waals surface area contributed by atoms with Gasteiger partial charge in [0.25, 0.3) is 5.91 Å². The number of carbonyl (C=O) groups is 2.